The molecule has 8 heteroatoms. The van der Waals surface area contributed by atoms with Gasteiger partial charge in [0.1, 0.15) is 5.75 Å². The number of anilines is 1. The first-order valence-electron chi connectivity index (χ1n) is 6.12. The molecule has 116 valence electrons. The number of ether oxygens (including phenoxy) is 1. The molecule has 0 saturated carbocycles. The Morgan fingerprint density at radius 1 is 1.33 bits per heavy atom. The van der Waals surface area contributed by atoms with E-state index in [9.17, 15) is 9.59 Å². The molecule has 0 radical (unpaired) electrons. The molecule has 0 heterocycles. The zero-order chi connectivity index (χ0) is 16.0. The van der Waals surface area contributed by atoms with Crippen LogP contribution in [0.1, 0.15) is 12.8 Å². The number of nitrogens with one attached hydrogen (secondary N) is 1. The number of hydrogen-bond donors (Lipinski definition) is 2. The third-order valence-electron chi connectivity index (χ3n) is 2.71. The van der Waals surface area contributed by atoms with Crippen LogP contribution in [0.3, 0.4) is 0 Å². The number of rotatable bonds is 6. The van der Waals surface area contributed by atoms with Crippen LogP contribution in [0.5, 0.6) is 5.75 Å². The van der Waals surface area contributed by atoms with Gasteiger partial charge < -0.3 is 20.1 Å². The van der Waals surface area contributed by atoms with Crippen molar-refractivity contribution in [3.05, 3.63) is 21.1 Å². The van der Waals surface area contributed by atoms with Crippen LogP contribution < -0.4 is 10.1 Å². The van der Waals surface area contributed by atoms with E-state index in [0.29, 0.717) is 28.9 Å². The van der Waals surface area contributed by atoms with Gasteiger partial charge in [-0.1, -0.05) is 0 Å². The molecule has 21 heavy (non-hydrogen) atoms. The second-order valence-electron chi connectivity index (χ2n) is 4.32. The van der Waals surface area contributed by atoms with Gasteiger partial charge in [0, 0.05) is 30.6 Å². The Morgan fingerprint density at radius 3 is 2.57 bits per heavy atom. The first kappa shape index (κ1) is 17.8. The molecular formula is C13H16Br2N2O4. The standard InChI is InChI=1S/C13H16Br2N2O4/c1-17(5-3-4-12(18)19)13(20)16-10-7-11(21-2)9(15)6-8(10)14/h6-7H,3-5H2,1-2H3,(H,16,20)(H,18,19). The Hall–Kier alpha value is -1.28. The molecule has 6 nitrogen and oxygen atoms in total. The monoisotopic (exact) mass is 422 g/mol. The fourth-order valence-corrected chi connectivity index (χ4v) is 2.82. The summed E-state index contributed by atoms with van der Waals surface area (Å²) in [4.78, 5) is 23.9. The Morgan fingerprint density at radius 2 is 2.00 bits per heavy atom. The smallest absolute Gasteiger partial charge is 0.321 e. The van der Waals surface area contributed by atoms with Crippen LogP contribution in [0.25, 0.3) is 0 Å². The van der Waals surface area contributed by atoms with Gasteiger partial charge in [0.15, 0.2) is 0 Å². The molecule has 1 rings (SSSR count). The molecule has 0 aliphatic carbocycles. The van der Waals surface area contributed by atoms with Crippen LogP contribution in [-0.2, 0) is 4.79 Å². The van der Waals surface area contributed by atoms with Crippen LogP contribution in [0.15, 0.2) is 21.1 Å². The molecule has 0 bridgehead atoms. The number of halogens is 2. The van der Waals surface area contributed by atoms with Crippen LogP contribution in [-0.4, -0.2) is 42.7 Å². The van der Waals surface area contributed by atoms with Gasteiger partial charge in [-0.25, -0.2) is 4.79 Å². The van der Waals surface area contributed by atoms with E-state index in [2.05, 4.69) is 37.2 Å². The lowest BCUT2D eigenvalue weighted by molar-refractivity contribution is -0.137. The largest absolute Gasteiger partial charge is 0.495 e. The van der Waals surface area contributed by atoms with E-state index in [1.165, 1.54) is 12.0 Å². The first-order chi connectivity index (χ1) is 9.85. The van der Waals surface area contributed by atoms with Crippen molar-refractivity contribution in [1.29, 1.82) is 0 Å². The van der Waals surface area contributed by atoms with E-state index in [0.717, 1.165) is 4.47 Å². The minimum Gasteiger partial charge on any atom is -0.495 e. The van der Waals surface area contributed by atoms with Crippen molar-refractivity contribution in [1.82, 2.24) is 4.90 Å². The molecule has 2 N–H and O–H groups in total. The van der Waals surface area contributed by atoms with Crippen molar-refractivity contribution in [2.75, 3.05) is 26.0 Å². The maximum atomic E-state index is 12.0. The predicted molar refractivity (Wildman–Crippen MR) is 86.9 cm³/mol. The number of methoxy groups -OCH3 is 1. The average Bonchev–Trinajstić information content (AvgIpc) is 2.41. The van der Waals surface area contributed by atoms with Crippen molar-refractivity contribution < 1.29 is 19.4 Å². The van der Waals surface area contributed by atoms with Crippen LogP contribution >= 0.6 is 31.9 Å². The van der Waals surface area contributed by atoms with Gasteiger partial charge in [0.2, 0.25) is 0 Å². The normalized spacial score (nSPS) is 10.1. The minimum atomic E-state index is -0.871. The van der Waals surface area contributed by atoms with Crippen molar-refractivity contribution >= 4 is 49.5 Å². The zero-order valence-corrected chi connectivity index (χ0v) is 14.8. The number of aliphatic carboxylic acids is 1. The molecule has 0 saturated heterocycles. The van der Waals surface area contributed by atoms with Crippen molar-refractivity contribution in [2.24, 2.45) is 0 Å². The van der Waals surface area contributed by atoms with E-state index in [1.54, 1.807) is 19.2 Å². The molecular weight excluding hydrogens is 408 g/mol. The van der Waals surface area contributed by atoms with E-state index in [4.69, 9.17) is 9.84 Å². The lowest BCUT2D eigenvalue weighted by atomic mass is 10.3. The van der Waals surface area contributed by atoms with Gasteiger partial charge in [-0.15, -0.1) is 0 Å². The average molecular weight is 424 g/mol. The van der Waals surface area contributed by atoms with E-state index in [1.807, 2.05) is 0 Å². The molecule has 2 amide bonds. The molecule has 0 unspecified atom stereocenters. The Labute approximate surface area is 139 Å². The summed E-state index contributed by atoms with van der Waals surface area (Å²) >= 11 is 6.71. The summed E-state index contributed by atoms with van der Waals surface area (Å²) in [5.74, 6) is -0.272. The summed E-state index contributed by atoms with van der Waals surface area (Å²) in [6.45, 7) is 0.364. The number of urea groups is 1. The summed E-state index contributed by atoms with van der Waals surface area (Å²) in [7, 11) is 3.15. The van der Waals surface area contributed by atoms with Gasteiger partial charge in [0.05, 0.1) is 17.3 Å². The summed E-state index contributed by atoms with van der Waals surface area (Å²) in [5.41, 5.74) is 0.574. The highest BCUT2D eigenvalue weighted by Crippen LogP contribution is 2.34. The van der Waals surface area contributed by atoms with E-state index < -0.39 is 5.97 Å². The molecule has 0 aliphatic heterocycles. The predicted octanol–water partition coefficient (Wildman–Crippen LogP) is 3.55. The Balaban J connectivity index is 2.67. The van der Waals surface area contributed by atoms with Gasteiger partial charge in [0.25, 0.3) is 0 Å². The van der Waals surface area contributed by atoms with Crippen molar-refractivity contribution in [3.63, 3.8) is 0 Å². The molecule has 1 aromatic carbocycles. The fraction of sp³-hybridized carbons (Fsp3) is 0.385. The molecule has 0 fully saturated rings. The van der Waals surface area contributed by atoms with Crippen LogP contribution in [0.2, 0.25) is 0 Å². The number of hydrogen-bond acceptors (Lipinski definition) is 3. The zero-order valence-electron chi connectivity index (χ0n) is 11.7. The molecule has 0 aromatic heterocycles. The summed E-state index contributed by atoms with van der Waals surface area (Å²) in [5, 5.41) is 11.3. The third kappa shape index (κ3) is 5.55. The Kier molecular flexibility index (Phi) is 6.97. The minimum absolute atomic E-state index is 0.0351. The lowest BCUT2D eigenvalue weighted by Crippen LogP contribution is -2.32. The van der Waals surface area contributed by atoms with Gasteiger partial charge in [-0.05, 0) is 44.3 Å². The maximum absolute atomic E-state index is 12.0. The van der Waals surface area contributed by atoms with Gasteiger partial charge >= 0.3 is 12.0 Å². The highest BCUT2D eigenvalue weighted by molar-refractivity contribution is 9.11. The second kappa shape index (κ2) is 8.23. The highest BCUT2D eigenvalue weighted by atomic mass is 79.9. The number of carbonyl (C=O) groups is 2. The van der Waals surface area contributed by atoms with Crippen LogP contribution in [0, 0.1) is 0 Å². The van der Waals surface area contributed by atoms with Gasteiger partial charge in [-0.2, -0.15) is 0 Å². The summed E-state index contributed by atoms with van der Waals surface area (Å²) < 4.78 is 6.65. The third-order valence-corrected chi connectivity index (χ3v) is 3.99. The lowest BCUT2D eigenvalue weighted by Gasteiger charge is -2.18. The number of carboxylic acids is 1. The molecule has 1 aromatic rings. The Bertz CT molecular complexity index is 537. The number of nitrogens with zero attached hydrogens (tertiary/aromatic N) is 1. The number of amides is 2. The SMILES string of the molecule is COc1cc(NC(=O)N(C)CCCC(=O)O)c(Br)cc1Br. The molecule has 0 atom stereocenters. The van der Waals surface area contributed by atoms with Crippen molar-refractivity contribution in [3.8, 4) is 5.75 Å². The highest BCUT2D eigenvalue weighted by Gasteiger charge is 2.13. The summed E-state index contributed by atoms with van der Waals surface area (Å²) in [6, 6.07) is 3.15. The van der Waals surface area contributed by atoms with E-state index in [-0.39, 0.29) is 12.5 Å². The molecule has 0 spiro atoms. The number of benzene rings is 1. The van der Waals surface area contributed by atoms with Gasteiger partial charge in [-0.3, -0.25) is 4.79 Å². The molecule has 0 aliphatic rings. The quantitative estimate of drug-likeness (QED) is 0.733. The maximum Gasteiger partial charge on any atom is 0.321 e. The second-order valence-corrected chi connectivity index (χ2v) is 6.02. The number of carbonyl (C=O) groups excluding carboxylic acids is 1. The van der Waals surface area contributed by atoms with E-state index >= 15 is 0 Å². The number of carboxylic acid groups (broad SMARTS) is 1. The fourth-order valence-electron chi connectivity index (χ4n) is 1.56. The van der Waals surface area contributed by atoms with Crippen molar-refractivity contribution in [2.45, 2.75) is 12.8 Å². The first-order valence-corrected chi connectivity index (χ1v) is 7.70. The topological polar surface area (TPSA) is 78.9 Å². The summed E-state index contributed by atoms with van der Waals surface area (Å²) in [6.07, 6.45) is 0.442. The van der Waals surface area contributed by atoms with Crippen LogP contribution in [0.4, 0.5) is 10.5 Å².